The maximum absolute atomic E-state index is 11.7. The molecule has 7 nitrogen and oxygen atoms in total. The van der Waals surface area contributed by atoms with Gasteiger partial charge in [0, 0.05) is 25.1 Å². The third-order valence-electron chi connectivity index (χ3n) is 4.09. The quantitative estimate of drug-likeness (QED) is 0.607. The highest BCUT2D eigenvalue weighted by atomic mass is 16.3. The van der Waals surface area contributed by atoms with Gasteiger partial charge in [-0.05, 0) is 30.5 Å². The molecule has 7 heteroatoms. The number of nitrogens with one attached hydrogen (secondary N) is 2. The summed E-state index contributed by atoms with van der Waals surface area (Å²) in [5.74, 6) is 2.22. The topological polar surface area (TPSA) is 91.7 Å². The van der Waals surface area contributed by atoms with Gasteiger partial charge >= 0.3 is 6.03 Å². The normalized spacial score (nSPS) is 23.4. The van der Waals surface area contributed by atoms with Crippen LogP contribution in [0.25, 0.3) is 6.08 Å². The minimum Gasteiger partial charge on any atom is -0.461 e. The van der Waals surface area contributed by atoms with Crippen molar-refractivity contribution >= 4 is 23.9 Å². The van der Waals surface area contributed by atoms with Crippen molar-refractivity contribution in [2.24, 2.45) is 5.92 Å². The molecule has 1 saturated carbocycles. The van der Waals surface area contributed by atoms with Gasteiger partial charge in [-0.25, -0.2) is 4.79 Å². The molecule has 2 heterocycles. The zero-order valence-corrected chi connectivity index (χ0v) is 12.9. The van der Waals surface area contributed by atoms with Crippen LogP contribution in [-0.2, 0) is 9.59 Å². The molecule has 3 rings (SSSR count). The lowest BCUT2D eigenvalue weighted by molar-refractivity contribution is -0.125. The number of rotatable bonds is 6. The molecule has 2 aliphatic rings. The molecule has 2 unspecified atom stereocenters. The molecule has 1 aromatic heterocycles. The maximum atomic E-state index is 11.7. The highest BCUT2D eigenvalue weighted by molar-refractivity contribution is 6.02. The second kappa shape index (κ2) is 6.28. The number of urea groups is 1. The van der Waals surface area contributed by atoms with E-state index in [4.69, 9.17) is 4.42 Å². The van der Waals surface area contributed by atoms with Gasteiger partial charge in [0.1, 0.15) is 11.5 Å². The first-order valence-electron chi connectivity index (χ1n) is 7.68. The van der Waals surface area contributed by atoms with Gasteiger partial charge in [-0.1, -0.05) is 6.92 Å². The van der Waals surface area contributed by atoms with Crippen molar-refractivity contribution in [1.29, 1.82) is 0 Å². The van der Waals surface area contributed by atoms with E-state index in [0.29, 0.717) is 17.6 Å². The Bertz CT molecular complexity index is 648. The van der Waals surface area contributed by atoms with Crippen LogP contribution < -0.4 is 10.6 Å². The van der Waals surface area contributed by atoms with E-state index in [1.807, 2.05) is 12.1 Å². The Kier molecular flexibility index (Phi) is 4.18. The van der Waals surface area contributed by atoms with Crippen LogP contribution in [0.15, 0.2) is 22.6 Å². The second-order valence-electron chi connectivity index (χ2n) is 5.89. The van der Waals surface area contributed by atoms with Gasteiger partial charge in [-0.3, -0.25) is 14.5 Å². The number of imide groups is 1. The number of amides is 4. The minimum atomic E-state index is -0.419. The van der Waals surface area contributed by atoms with E-state index in [1.54, 1.807) is 6.08 Å². The molecule has 2 N–H and O–H groups in total. The standard InChI is InChI=1S/C16H19N3O4/c1-10-8-12(10)13-4-2-11(23-13)3-5-14(20)17-6-7-19-15(21)9-18-16(19)22/h2-5,10,12H,6-9H2,1H3,(H,17,20)(H,18,22). The summed E-state index contributed by atoms with van der Waals surface area (Å²) in [6.45, 7) is 2.58. The van der Waals surface area contributed by atoms with E-state index in [0.717, 1.165) is 17.1 Å². The summed E-state index contributed by atoms with van der Waals surface area (Å²) in [5, 5.41) is 5.05. The Labute approximate surface area is 133 Å². The molecule has 4 amide bonds. The second-order valence-corrected chi connectivity index (χ2v) is 5.89. The maximum Gasteiger partial charge on any atom is 0.324 e. The summed E-state index contributed by atoms with van der Waals surface area (Å²) in [7, 11) is 0. The van der Waals surface area contributed by atoms with Crippen LogP contribution in [0.2, 0.25) is 0 Å². The van der Waals surface area contributed by atoms with Crippen molar-refractivity contribution in [1.82, 2.24) is 15.5 Å². The van der Waals surface area contributed by atoms with Crippen LogP contribution in [0.1, 0.15) is 30.8 Å². The molecule has 0 radical (unpaired) electrons. The number of carbonyl (C=O) groups is 3. The number of carbonyl (C=O) groups excluding carboxylic acids is 3. The average Bonchev–Trinajstić information content (AvgIpc) is 2.94. The predicted molar refractivity (Wildman–Crippen MR) is 82.4 cm³/mol. The Hall–Kier alpha value is -2.57. The van der Waals surface area contributed by atoms with Crippen molar-refractivity contribution in [2.45, 2.75) is 19.3 Å². The molecular weight excluding hydrogens is 298 g/mol. The van der Waals surface area contributed by atoms with Gasteiger partial charge in [0.2, 0.25) is 11.8 Å². The first-order chi connectivity index (χ1) is 11.0. The van der Waals surface area contributed by atoms with Gasteiger partial charge in [0.25, 0.3) is 0 Å². The molecule has 1 aromatic rings. The van der Waals surface area contributed by atoms with Crippen LogP contribution >= 0.6 is 0 Å². The van der Waals surface area contributed by atoms with Crippen LogP contribution in [0.4, 0.5) is 4.79 Å². The summed E-state index contributed by atoms with van der Waals surface area (Å²) < 4.78 is 5.67. The van der Waals surface area contributed by atoms with E-state index in [2.05, 4.69) is 17.6 Å². The van der Waals surface area contributed by atoms with Crippen LogP contribution in [-0.4, -0.2) is 42.4 Å². The first-order valence-corrected chi connectivity index (χ1v) is 7.68. The fourth-order valence-corrected chi connectivity index (χ4v) is 2.57. The fraction of sp³-hybridized carbons (Fsp3) is 0.438. The Morgan fingerprint density at radius 3 is 2.91 bits per heavy atom. The van der Waals surface area contributed by atoms with Gasteiger partial charge in [0.05, 0.1) is 6.54 Å². The fourth-order valence-electron chi connectivity index (χ4n) is 2.57. The number of hydrogen-bond donors (Lipinski definition) is 2. The van der Waals surface area contributed by atoms with Gasteiger partial charge in [0.15, 0.2) is 0 Å². The molecule has 0 aromatic carbocycles. The SMILES string of the molecule is CC1CC1c1ccc(C=CC(=O)NCCN2C(=O)CNC2=O)o1. The van der Waals surface area contributed by atoms with Crippen LogP contribution in [0.3, 0.4) is 0 Å². The monoisotopic (exact) mass is 317 g/mol. The largest absolute Gasteiger partial charge is 0.461 e. The summed E-state index contributed by atoms with van der Waals surface area (Å²) in [6.07, 6.45) is 4.14. The number of hydrogen-bond acceptors (Lipinski definition) is 4. The molecule has 0 bridgehead atoms. The lowest BCUT2D eigenvalue weighted by atomic mass is 10.3. The van der Waals surface area contributed by atoms with Crippen LogP contribution in [0.5, 0.6) is 0 Å². The molecule has 0 spiro atoms. The summed E-state index contributed by atoms with van der Waals surface area (Å²) in [5.41, 5.74) is 0. The third-order valence-corrected chi connectivity index (χ3v) is 4.09. The lowest BCUT2D eigenvalue weighted by Crippen LogP contribution is -2.38. The molecule has 122 valence electrons. The highest BCUT2D eigenvalue weighted by Gasteiger charge is 2.36. The Morgan fingerprint density at radius 2 is 2.26 bits per heavy atom. The number of nitrogens with zero attached hydrogens (tertiary/aromatic N) is 1. The van der Waals surface area contributed by atoms with E-state index in [9.17, 15) is 14.4 Å². The van der Waals surface area contributed by atoms with E-state index >= 15 is 0 Å². The van der Waals surface area contributed by atoms with Gasteiger partial charge in [-0.15, -0.1) is 0 Å². The van der Waals surface area contributed by atoms with Crippen molar-refractivity contribution in [3.63, 3.8) is 0 Å². The zero-order valence-electron chi connectivity index (χ0n) is 12.9. The molecule has 1 aliphatic carbocycles. The smallest absolute Gasteiger partial charge is 0.324 e. The van der Waals surface area contributed by atoms with Crippen LogP contribution in [0, 0.1) is 5.92 Å². The van der Waals surface area contributed by atoms with E-state index in [-0.39, 0.29) is 31.4 Å². The predicted octanol–water partition coefficient (Wildman–Crippen LogP) is 1.08. The lowest BCUT2D eigenvalue weighted by Gasteiger charge is -2.11. The summed E-state index contributed by atoms with van der Waals surface area (Å²) >= 11 is 0. The van der Waals surface area contributed by atoms with Crippen molar-refractivity contribution in [3.8, 4) is 0 Å². The van der Waals surface area contributed by atoms with E-state index in [1.165, 1.54) is 6.08 Å². The van der Waals surface area contributed by atoms with Crippen molar-refractivity contribution < 1.29 is 18.8 Å². The third kappa shape index (κ3) is 3.61. The molecule has 23 heavy (non-hydrogen) atoms. The first kappa shape index (κ1) is 15.3. The summed E-state index contributed by atoms with van der Waals surface area (Å²) in [6, 6.07) is 3.37. The van der Waals surface area contributed by atoms with Crippen molar-refractivity contribution in [2.75, 3.05) is 19.6 Å². The molecule has 1 aliphatic heterocycles. The van der Waals surface area contributed by atoms with Crippen molar-refractivity contribution in [3.05, 3.63) is 29.7 Å². The minimum absolute atomic E-state index is 0.0210. The Balaban J connectivity index is 1.43. The molecule has 2 atom stereocenters. The highest BCUT2D eigenvalue weighted by Crippen LogP contribution is 2.47. The number of furan rings is 1. The zero-order chi connectivity index (χ0) is 16.4. The Morgan fingerprint density at radius 1 is 1.48 bits per heavy atom. The molecular formula is C16H19N3O4. The van der Waals surface area contributed by atoms with E-state index < -0.39 is 6.03 Å². The average molecular weight is 317 g/mol. The van der Waals surface area contributed by atoms with Gasteiger partial charge < -0.3 is 15.1 Å². The summed E-state index contributed by atoms with van der Waals surface area (Å²) in [4.78, 5) is 35.5. The van der Waals surface area contributed by atoms with Gasteiger partial charge in [-0.2, -0.15) is 0 Å². The molecule has 1 saturated heterocycles. The molecule has 2 fully saturated rings.